The fourth-order valence-electron chi connectivity index (χ4n) is 2.31. The predicted octanol–water partition coefficient (Wildman–Crippen LogP) is -0.0390. The number of Topliss-reactive ketones (excluding diaryl/α,β-unsaturated/α-hetero) is 2. The zero-order chi connectivity index (χ0) is 15.5. The van der Waals surface area contributed by atoms with E-state index in [4.69, 9.17) is 0 Å². The zero-order valence-electron chi connectivity index (χ0n) is 12.9. The summed E-state index contributed by atoms with van der Waals surface area (Å²) < 4.78 is 0.823. The smallest absolute Gasteiger partial charge is 0.219 e. The van der Waals surface area contributed by atoms with Gasteiger partial charge in [-0.25, -0.2) is 0 Å². The van der Waals surface area contributed by atoms with Gasteiger partial charge in [0.25, 0.3) is 0 Å². The fourth-order valence-corrected chi connectivity index (χ4v) is 2.31. The average Bonchev–Trinajstić information content (AvgIpc) is 2.45. The minimum Gasteiger partial charge on any atom is -0.330 e. The number of likely N-dealkylation sites (N-methyl/N-ethyl adjacent to an activating group) is 1. The maximum Gasteiger partial charge on any atom is 0.219 e. The first-order valence-electron chi connectivity index (χ1n) is 7.28. The van der Waals surface area contributed by atoms with Crippen LogP contribution in [-0.4, -0.2) is 62.4 Å². The van der Waals surface area contributed by atoms with Crippen LogP contribution >= 0.6 is 0 Å². The molecule has 5 nitrogen and oxygen atoms in total. The van der Waals surface area contributed by atoms with Gasteiger partial charge in [-0.3, -0.25) is 14.9 Å². The molecular weight excluding hydrogens is 266 g/mol. The van der Waals surface area contributed by atoms with Gasteiger partial charge in [-0.15, -0.1) is 0 Å². The first kappa shape index (κ1) is 15.8. The molecule has 0 aliphatic heterocycles. The highest BCUT2D eigenvalue weighted by Gasteiger charge is 2.48. The van der Waals surface area contributed by atoms with Crippen LogP contribution in [0.2, 0.25) is 0 Å². The molecule has 0 amide bonds. The quantitative estimate of drug-likeness (QED) is 0.546. The van der Waals surface area contributed by atoms with E-state index in [1.165, 1.54) is 0 Å². The van der Waals surface area contributed by atoms with E-state index in [1.54, 1.807) is 0 Å². The summed E-state index contributed by atoms with van der Waals surface area (Å²) in [4.78, 5) is 23.4. The summed E-state index contributed by atoms with van der Waals surface area (Å²) in [5.41, 5.74) is 1.11. The number of rotatable bonds is 7. The third kappa shape index (κ3) is 4.20. The number of nitrogens with zero attached hydrogens (tertiary/aromatic N) is 1. The number of ketones is 2. The Kier molecular flexibility index (Phi) is 4.88. The van der Waals surface area contributed by atoms with E-state index in [0.29, 0.717) is 6.54 Å². The van der Waals surface area contributed by atoms with Crippen LogP contribution in [0.15, 0.2) is 30.3 Å². The van der Waals surface area contributed by atoms with Gasteiger partial charge < -0.3 is 9.80 Å². The van der Waals surface area contributed by atoms with Crippen LogP contribution in [0.25, 0.3) is 0 Å². The SMILES string of the molecule is C[N+](C)(C)CCNC1C(=O)C(=O)C1NCc1ccccc1. The Morgan fingerprint density at radius 1 is 0.952 bits per heavy atom. The van der Waals surface area contributed by atoms with Gasteiger partial charge >= 0.3 is 0 Å². The molecule has 2 N–H and O–H groups in total. The van der Waals surface area contributed by atoms with Crippen molar-refractivity contribution in [1.82, 2.24) is 10.6 Å². The highest BCUT2D eigenvalue weighted by atomic mass is 16.2. The molecule has 0 heterocycles. The lowest BCUT2D eigenvalue weighted by Crippen LogP contribution is -2.69. The summed E-state index contributed by atoms with van der Waals surface area (Å²) in [6.07, 6.45) is 0. The number of nitrogens with one attached hydrogen (secondary N) is 2. The Morgan fingerprint density at radius 2 is 1.52 bits per heavy atom. The molecule has 0 spiro atoms. The number of benzene rings is 1. The molecule has 1 aliphatic carbocycles. The van der Waals surface area contributed by atoms with Crippen molar-refractivity contribution < 1.29 is 14.1 Å². The van der Waals surface area contributed by atoms with E-state index >= 15 is 0 Å². The molecule has 1 aromatic carbocycles. The predicted molar refractivity (Wildman–Crippen MR) is 81.8 cm³/mol. The second kappa shape index (κ2) is 6.47. The van der Waals surface area contributed by atoms with Gasteiger partial charge in [-0.2, -0.15) is 0 Å². The summed E-state index contributed by atoms with van der Waals surface area (Å²) in [5.74, 6) is -0.615. The number of hydrogen-bond acceptors (Lipinski definition) is 4. The molecule has 1 aliphatic rings. The lowest BCUT2D eigenvalue weighted by atomic mass is 9.83. The normalized spacial score (nSPS) is 22.2. The number of carbonyl (C=O) groups excluding carboxylic acids is 2. The highest BCUT2D eigenvalue weighted by molar-refractivity contribution is 6.49. The maximum absolute atomic E-state index is 11.7. The summed E-state index contributed by atoms with van der Waals surface area (Å²) in [5, 5.41) is 6.37. The summed E-state index contributed by atoms with van der Waals surface area (Å²) in [6, 6.07) is 9.09. The Morgan fingerprint density at radius 3 is 2.10 bits per heavy atom. The van der Waals surface area contributed by atoms with Crippen LogP contribution in [0.1, 0.15) is 5.56 Å². The van der Waals surface area contributed by atoms with Crippen LogP contribution in [0.3, 0.4) is 0 Å². The molecule has 2 unspecified atom stereocenters. The van der Waals surface area contributed by atoms with Crippen LogP contribution < -0.4 is 10.6 Å². The number of quaternary nitrogens is 1. The van der Waals surface area contributed by atoms with Crippen LogP contribution in [0.5, 0.6) is 0 Å². The first-order valence-corrected chi connectivity index (χ1v) is 7.28. The molecule has 114 valence electrons. The van der Waals surface area contributed by atoms with Gasteiger partial charge in [0.15, 0.2) is 0 Å². The second-order valence-electron chi connectivity index (χ2n) is 6.52. The van der Waals surface area contributed by atoms with E-state index in [2.05, 4.69) is 31.8 Å². The van der Waals surface area contributed by atoms with Crippen LogP contribution in [0.4, 0.5) is 0 Å². The van der Waals surface area contributed by atoms with E-state index in [0.717, 1.165) is 23.1 Å². The second-order valence-corrected chi connectivity index (χ2v) is 6.52. The Balaban J connectivity index is 1.83. The Labute approximate surface area is 125 Å². The van der Waals surface area contributed by atoms with E-state index in [-0.39, 0.29) is 17.6 Å². The average molecular weight is 290 g/mol. The fraction of sp³-hybridized carbons (Fsp3) is 0.500. The molecule has 2 atom stereocenters. The number of hydrogen-bond donors (Lipinski definition) is 2. The minimum atomic E-state index is -0.398. The van der Waals surface area contributed by atoms with Gasteiger partial charge in [0, 0.05) is 13.1 Å². The van der Waals surface area contributed by atoms with Gasteiger partial charge in [0.05, 0.1) is 39.8 Å². The minimum absolute atomic E-state index is 0.304. The monoisotopic (exact) mass is 290 g/mol. The molecule has 1 fully saturated rings. The van der Waals surface area contributed by atoms with Crippen molar-refractivity contribution in [2.45, 2.75) is 18.6 Å². The van der Waals surface area contributed by atoms with Gasteiger partial charge in [0.2, 0.25) is 11.6 Å². The molecule has 1 saturated carbocycles. The van der Waals surface area contributed by atoms with Gasteiger partial charge in [0.1, 0.15) is 0 Å². The first-order chi connectivity index (χ1) is 9.88. The van der Waals surface area contributed by atoms with Crippen molar-refractivity contribution in [3.8, 4) is 0 Å². The molecule has 1 aromatic rings. The number of carbonyl (C=O) groups is 2. The Hall–Kier alpha value is -1.56. The van der Waals surface area contributed by atoms with Crippen molar-refractivity contribution in [2.24, 2.45) is 0 Å². The molecular formula is C16H24N3O2+. The van der Waals surface area contributed by atoms with E-state index in [9.17, 15) is 9.59 Å². The van der Waals surface area contributed by atoms with Crippen molar-refractivity contribution in [3.63, 3.8) is 0 Å². The molecule has 5 heteroatoms. The standard InChI is InChI=1S/C16H24N3O2/c1-19(2,3)10-9-17-13-14(16(21)15(13)20)18-11-12-7-5-4-6-8-12/h4-8,13-14,17-18H,9-11H2,1-3H3/q+1. The van der Waals surface area contributed by atoms with Gasteiger partial charge in [-0.05, 0) is 5.56 Å². The third-order valence-electron chi connectivity index (χ3n) is 3.66. The Bertz CT molecular complexity index is 508. The lowest BCUT2D eigenvalue weighted by molar-refractivity contribution is -0.869. The summed E-state index contributed by atoms with van der Waals surface area (Å²) in [6.45, 7) is 2.22. The largest absolute Gasteiger partial charge is 0.330 e. The van der Waals surface area contributed by atoms with Gasteiger partial charge in [-0.1, -0.05) is 30.3 Å². The van der Waals surface area contributed by atoms with Crippen LogP contribution in [0, 0.1) is 0 Å². The maximum atomic E-state index is 11.7. The molecule has 0 aromatic heterocycles. The van der Waals surface area contributed by atoms with Crippen molar-refractivity contribution in [1.29, 1.82) is 0 Å². The van der Waals surface area contributed by atoms with Crippen molar-refractivity contribution in [2.75, 3.05) is 34.2 Å². The van der Waals surface area contributed by atoms with E-state index < -0.39 is 6.04 Å². The van der Waals surface area contributed by atoms with Crippen LogP contribution in [-0.2, 0) is 16.1 Å². The van der Waals surface area contributed by atoms with Crippen molar-refractivity contribution >= 4 is 11.6 Å². The third-order valence-corrected chi connectivity index (χ3v) is 3.66. The molecule has 0 saturated heterocycles. The molecule has 2 rings (SSSR count). The zero-order valence-corrected chi connectivity index (χ0v) is 12.9. The van der Waals surface area contributed by atoms with Crippen molar-refractivity contribution in [3.05, 3.63) is 35.9 Å². The highest BCUT2D eigenvalue weighted by Crippen LogP contribution is 2.13. The molecule has 21 heavy (non-hydrogen) atoms. The summed E-state index contributed by atoms with van der Waals surface area (Å²) >= 11 is 0. The molecule has 0 bridgehead atoms. The topological polar surface area (TPSA) is 58.2 Å². The van der Waals surface area contributed by atoms with E-state index in [1.807, 2.05) is 30.3 Å². The lowest BCUT2D eigenvalue weighted by Gasteiger charge is -2.35. The molecule has 0 radical (unpaired) electrons. The summed E-state index contributed by atoms with van der Waals surface area (Å²) in [7, 11) is 6.29.